The normalized spacial score (nSPS) is 20.7. The van der Waals surface area contributed by atoms with Gasteiger partial charge in [-0.05, 0) is 86.9 Å². The highest BCUT2D eigenvalue weighted by atomic mass is 16.5. The summed E-state index contributed by atoms with van der Waals surface area (Å²) < 4.78 is 12.3. The fourth-order valence-electron chi connectivity index (χ4n) is 5.54. The minimum atomic E-state index is -0.680. The van der Waals surface area contributed by atoms with Crippen LogP contribution in [0.5, 0.6) is 11.5 Å². The number of ether oxygens (including phenoxy) is 2. The fourth-order valence-corrected chi connectivity index (χ4v) is 5.54. The molecule has 4 rings (SSSR count). The summed E-state index contributed by atoms with van der Waals surface area (Å²) in [5, 5.41) is 19.0. The highest BCUT2D eigenvalue weighted by Crippen LogP contribution is 2.35. The molecule has 0 aromatic heterocycles. The molecular weight excluding hydrogens is 468 g/mol. The molecule has 202 valence electrons. The molecule has 2 saturated heterocycles. The van der Waals surface area contributed by atoms with Gasteiger partial charge in [0.05, 0.1) is 25.2 Å². The number of nitrogens with zero attached hydrogens (tertiary/aromatic N) is 2. The van der Waals surface area contributed by atoms with Crippen molar-refractivity contribution in [2.45, 2.75) is 52.1 Å². The number of benzene rings is 2. The van der Waals surface area contributed by atoms with Gasteiger partial charge in [-0.3, -0.25) is 4.79 Å². The van der Waals surface area contributed by atoms with Crippen molar-refractivity contribution < 1.29 is 24.5 Å². The summed E-state index contributed by atoms with van der Waals surface area (Å²) in [7, 11) is 0. The molecule has 2 aromatic carbocycles. The van der Waals surface area contributed by atoms with Crippen LogP contribution in [0, 0.1) is 19.8 Å². The molecule has 0 spiro atoms. The average Bonchev–Trinajstić information content (AvgIpc) is 3.31. The van der Waals surface area contributed by atoms with E-state index in [0.717, 1.165) is 98.6 Å². The van der Waals surface area contributed by atoms with Crippen molar-refractivity contribution in [1.29, 1.82) is 0 Å². The topological polar surface area (TPSA) is 82.5 Å². The molecule has 7 heteroatoms. The number of carboxylic acids is 1. The smallest absolute Gasteiger partial charge is 0.307 e. The fraction of sp³-hybridized carbons (Fsp3) is 0.567. The molecule has 0 saturated carbocycles. The third-order valence-electron chi connectivity index (χ3n) is 7.71. The second-order valence-corrected chi connectivity index (χ2v) is 10.5. The second-order valence-electron chi connectivity index (χ2n) is 10.5. The van der Waals surface area contributed by atoms with Crippen LogP contribution in [-0.4, -0.2) is 84.6 Å². The van der Waals surface area contributed by atoms with E-state index in [1.807, 2.05) is 24.3 Å². The number of piperidine rings is 1. The predicted octanol–water partition coefficient (Wildman–Crippen LogP) is 4.37. The number of rotatable bonds is 12. The zero-order valence-corrected chi connectivity index (χ0v) is 22.3. The molecule has 2 heterocycles. The van der Waals surface area contributed by atoms with Gasteiger partial charge in [-0.1, -0.05) is 24.3 Å². The molecule has 37 heavy (non-hydrogen) atoms. The third-order valence-corrected chi connectivity index (χ3v) is 7.71. The van der Waals surface area contributed by atoms with Crippen molar-refractivity contribution in [2.24, 2.45) is 5.92 Å². The lowest BCUT2D eigenvalue weighted by Crippen LogP contribution is -2.39. The number of hydrogen-bond donors (Lipinski definition) is 2. The maximum atomic E-state index is 11.3. The Morgan fingerprint density at radius 1 is 0.865 bits per heavy atom. The molecule has 2 N–H and O–H groups in total. The maximum absolute atomic E-state index is 11.3. The average molecular weight is 511 g/mol. The van der Waals surface area contributed by atoms with Crippen LogP contribution < -0.4 is 9.47 Å². The highest BCUT2D eigenvalue weighted by Gasteiger charge is 2.25. The summed E-state index contributed by atoms with van der Waals surface area (Å²) in [6.07, 6.45) is 4.23. The molecule has 1 unspecified atom stereocenters. The van der Waals surface area contributed by atoms with Crippen LogP contribution in [0.3, 0.4) is 0 Å². The van der Waals surface area contributed by atoms with Crippen LogP contribution in [0.1, 0.15) is 43.2 Å². The van der Waals surface area contributed by atoms with E-state index in [2.05, 4.69) is 35.8 Å². The van der Waals surface area contributed by atoms with Crippen molar-refractivity contribution in [2.75, 3.05) is 52.5 Å². The van der Waals surface area contributed by atoms with Crippen LogP contribution in [0.15, 0.2) is 36.4 Å². The van der Waals surface area contributed by atoms with Gasteiger partial charge in [-0.15, -0.1) is 0 Å². The Morgan fingerprint density at radius 2 is 1.43 bits per heavy atom. The standard InChI is InChI=1S/C30H42N2O5/c1-22-26(9-3-11-28(22)36-18-6-15-31-14-5-8-24(20-31)30(34)35)27-10-4-12-29(23(27)2)37-19-7-16-32-17-13-25(33)21-32/h3-4,9-12,24-25,33H,5-8,13-21H2,1-2H3,(H,34,35)/t24?,25-/m1/s1. The van der Waals surface area contributed by atoms with Gasteiger partial charge in [0.2, 0.25) is 0 Å². The Hall–Kier alpha value is -2.61. The lowest BCUT2D eigenvalue weighted by atomic mass is 9.95. The Morgan fingerprint density at radius 3 is 1.95 bits per heavy atom. The minimum absolute atomic E-state index is 0.177. The quantitative estimate of drug-likeness (QED) is 0.410. The summed E-state index contributed by atoms with van der Waals surface area (Å²) in [6.45, 7) is 10.6. The van der Waals surface area contributed by atoms with Crippen LogP contribution in [0.25, 0.3) is 11.1 Å². The number of aliphatic hydroxyl groups excluding tert-OH is 1. The number of aliphatic carboxylic acids is 1. The van der Waals surface area contributed by atoms with Crippen molar-refractivity contribution in [1.82, 2.24) is 9.80 Å². The van der Waals surface area contributed by atoms with Gasteiger partial charge >= 0.3 is 5.97 Å². The molecule has 7 nitrogen and oxygen atoms in total. The summed E-state index contributed by atoms with van der Waals surface area (Å²) in [6, 6.07) is 12.4. The molecular formula is C30H42N2O5. The summed E-state index contributed by atoms with van der Waals surface area (Å²) >= 11 is 0. The van der Waals surface area contributed by atoms with Crippen LogP contribution in [0.2, 0.25) is 0 Å². The third kappa shape index (κ3) is 7.46. The van der Waals surface area contributed by atoms with Crippen molar-refractivity contribution in [3.63, 3.8) is 0 Å². The molecule has 0 amide bonds. The number of aliphatic hydroxyl groups is 1. The first-order valence-electron chi connectivity index (χ1n) is 13.7. The summed E-state index contributed by atoms with van der Waals surface area (Å²) in [5.41, 5.74) is 4.53. The first-order valence-corrected chi connectivity index (χ1v) is 13.7. The van der Waals surface area contributed by atoms with Crippen molar-refractivity contribution in [3.8, 4) is 22.6 Å². The Bertz CT molecular complexity index is 1040. The van der Waals surface area contributed by atoms with E-state index in [1.54, 1.807) is 0 Å². The van der Waals surface area contributed by atoms with Gasteiger partial charge < -0.3 is 29.5 Å². The van der Waals surface area contributed by atoms with Crippen LogP contribution in [0.4, 0.5) is 0 Å². The van der Waals surface area contributed by atoms with E-state index < -0.39 is 5.97 Å². The lowest BCUT2D eigenvalue weighted by Gasteiger charge is -2.30. The zero-order chi connectivity index (χ0) is 26.2. The van der Waals surface area contributed by atoms with E-state index in [1.165, 1.54) is 0 Å². The summed E-state index contributed by atoms with van der Waals surface area (Å²) in [5.74, 6) is 0.876. The highest BCUT2D eigenvalue weighted by molar-refractivity contribution is 5.74. The SMILES string of the molecule is Cc1c(OCCCN2CCCC(C(=O)O)C2)cccc1-c1cccc(OCCCN2CC[C@@H](O)C2)c1C. The van der Waals surface area contributed by atoms with Crippen LogP contribution in [-0.2, 0) is 4.79 Å². The zero-order valence-electron chi connectivity index (χ0n) is 22.3. The number of β-amino-alcohol motifs (C(OH)–C–C–N with tert-alkyl or cyclic N) is 1. The van der Waals surface area contributed by atoms with Gasteiger partial charge in [-0.2, -0.15) is 0 Å². The van der Waals surface area contributed by atoms with Gasteiger partial charge in [0, 0.05) is 32.7 Å². The predicted molar refractivity (Wildman–Crippen MR) is 145 cm³/mol. The maximum Gasteiger partial charge on any atom is 0.307 e. The molecule has 2 fully saturated rings. The molecule has 0 radical (unpaired) electrons. The molecule has 0 bridgehead atoms. The van der Waals surface area contributed by atoms with E-state index in [4.69, 9.17) is 9.47 Å². The van der Waals surface area contributed by atoms with Crippen molar-refractivity contribution in [3.05, 3.63) is 47.5 Å². The van der Waals surface area contributed by atoms with Gasteiger partial charge in [0.1, 0.15) is 11.5 Å². The molecule has 2 aromatic rings. The summed E-state index contributed by atoms with van der Waals surface area (Å²) in [4.78, 5) is 15.8. The van der Waals surface area contributed by atoms with E-state index in [-0.39, 0.29) is 12.0 Å². The Balaban J connectivity index is 1.30. The largest absolute Gasteiger partial charge is 0.493 e. The second kappa shape index (κ2) is 13.3. The molecule has 2 aliphatic rings. The molecule has 2 aliphatic heterocycles. The van der Waals surface area contributed by atoms with E-state index >= 15 is 0 Å². The first-order chi connectivity index (χ1) is 17.9. The molecule has 0 aliphatic carbocycles. The Labute approximate surface area is 221 Å². The number of carbonyl (C=O) groups is 1. The Kier molecular flexibility index (Phi) is 9.83. The van der Waals surface area contributed by atoms with E-state index in [9.17, 15) is 15.0 Å². The first kappa shape index (κ1) is 27.4. The number of carboxylic acid groups (broad SMARTS) is 1. The molecule has 2 atom stereocenters. The van der Waals surface area contributed by atoms with Gasteiger partial charge in [0.15, 0.2) is 0 Å². The van der Waals surface area contributed by atoms with Crippen molar-refractivity contribution >= 4 is 5.97 Å². The lowest BCUT2D eigenvalue weighted by molar-refractivity contribution is -0.143. The van der Waals surface area contributed by atoms with E-state index in [0.29, 0.717) is 19.8 Å². The van der Waals surface area contributed by atoms with Crippen LogP contribution >= 0.6 is 0 Å². The monoisotopic (exact) mass is 510 g/mol. The number of hydrogen-bond acceptors (Lipinski definition) is 6. The number of likely N-dealkylation sites (tertiary alicyclic amines) is 2. The minimum Gasteiger partial charge on any atom is -0.493 e. The van der Waals surface area contributed by atoms with Gasteiger partial charge in [-0.25, -0.2) is 0 Å². The van der Waals surface area contributed by atoms with Gasteiger partial charge in [0.25, 0.3) is 0 Å².